The first-order valence-electron chi connectivity index (χ1n) is 11.3. The standard InChI is InChI=1S/C31H22N2O/c34-29-20-8-7-17-26(29)23-13-9-14-24(21-23)27-18-10-19-28-30(27)32-31(22-11-3-1-4-12-22)33(28)25-15-5-2-6-16-25/h1-21,34H. The minimum Gasteiger partial charge on any atom is -0.507 e. The summed E-state index contributed by atoms with van der Waals surface area (Å²) in [5, 5.41) is 10.4. The summed E-state index contributed by atoms with van der Waals surface area (Å²) >= 11 is 0. The van der Waals surface area contributed by atoms with E-state index >= 15 is 0 Å². The Morgan fingerprint density at radius 3 is 1.88 bits per heavy atom. The van der Waals surface area contributed by atoms with Crippen molar-refractivity contribution in [3.05, 3.63) is 127 Å². The van der Waals surface area contributed by atoms with Gasteiger partial charge in [-0.3, -0.25) is 4.57 Å². The number of imidazole rings is 1. The Hall–Kier alpha value is -4.63. The van der Waals surface area contributed by atoms with Gasteiger partial charge in [-0.15, -0.1) is 0 Å². The Balaban J connectivity index is 1.60. The van der Waals surface area contributed by atoms with Crippen molar-refractivity contribution in [2.24, 2.45) is 0 Å². The molecule has 162 valence electrons. The van der Waals surface area contributed by atoms with Crippen LogP contribution in [-0.4, -0.2) is 14.7 Å². The molecule has 6 rings (SSSR count). The van der Waals surface area contributed by atoms with Gasteiger partial charge in [-0.2, -0.15) is 0 Å². The fraction of sp³-hybridized carbons (Fsp3) is 0. The molecule has 0 spiro atoms. The highest BCUT2D eigenvalue weighted by Crippen LogP contribution is 2.36. The van der Waals surface area contributed by atoms with Crippen molar-refractivity contribution in [1.29, 1.82) is 0 Å². The summed E-state index contributed by atoms with van der Waals surface area (Å²) in [4.78, 5) is 5.17. The van der Waals surface area contributed by atoms with E-state index in [1.807, 2.05) is 54.6 Å². The summed E-state index contributed by atoms with van der Waals surface area (Å²) in [6.07, 6.45) is 0. The number of nitrogens with zero attached hydrogens (tertiary/aromatic N) is 2. The molecule has 3 nitrogen and oxygen atoms in total. The summed E-state index contributed by atoms with van der Waals surface area (Å²) in [6.45, 7) is 0. The van der Waals surface area contributed by atoms with Crippen molar-refractivity contribution >= 4 is 11.0 Å². The third-order valence-corrected chi connectivity index (χ3v) is 6.12. The highest BCUT2D eigenvalue weighted by atomic mass is 16.3. The average molecular weight is 439 g/mol. The molecular weight excluding hydrogens is 416 g/mol. The normalized spacial score (nSPS) is 11.1. The van der Waals surface area contributed by atoms with Gasteiger partial charge in [0.1, 0.15) is 11.6 Å². The number of hydrogen-bond acceptors (Lipinski definition) is 2. The number of fused-ring (bicyclic) bond motifs is 1. The van der Waals surface area contributed by atoms with Crippen LogP contribution in [0.1, 0.15) is 0 Å². The van der Waals surface area contributed by atoms with Gasteiger partial charge in [0.05, 0.1) is 11.0 Å². The van der Waals surface area contributed by atoms with E-state index in [0.717, 1.165) is 50.4 Å². The lowest BCUT2D eigenvalue weighted by Crippen LogP contribution is -1.97. The molecule has 0 bridgehead atoms. The van der Waals surface area contributed by atoms with Gasteiger partial charge in [-0.05, 0) is 41.5 Å². The fourth-order valence-electron chi connectivity index (χ4n) is 4.52. The van der Waals surface area contributed by atoms with Gasteiger partial charge in [0.15, 0.2) is 0 Å². The lowest BCUT2D eigenvalue weighted by atomic mass is 9.98. The van der Waals surface area contributed by atoms with Gasteiger partial charge in [0, 0.05) is 22.4 Å². The van der Waals surface area contributed by atoms with Crippen molar-refractivity contribution in [3.8, 4) is 45.1 Å². The molecule has 0 aliphatic heterocycles. The first-order chi connectivity index (χ1) is 16.8. The van der Waals surface area contributed by atoms with Crippen molar-refractivity contribution < 1.29 is 5.11 Å². The quantitative estimate of drug-likeness (QED) is 0.306. The average Bonchev–Trinajstić information content (AvgIpc) is 3.30. The Morgan fingerprint density at radius 2 is 1.12 bits per heavy atom. The summed E-state index contributed by atoms with van der Waals surface area (Å²) in [6, 6.07) is 42.7. The molecule has 0 saturated carbocycles. The van der Waals surface area contributed by atoms with Crippen LogP contribution in [0.3, 0.4) is 0 Å². The van der Waals surface area contributed by atoms with Gasteiger partial charge in [0.2, 0.25) is 0 Å². The lowest BCUT2D eigenvalue weighted by Gasteiger charge is -2.10. The van der Waals surface area contributed by atoms with Crippen LogP contribution in [0.15, 0.2) is 127 Å². The van der Waals surface area contributed by atoms with Crippen molar-refractivity contribution in [2.45, 2.75) is 0 Å². The van der Waals surface area contributed by atoms with E-state index in [9.17, 15) is 5.11 Å². The van der Waals surface area contributed by atoms with Crippen molar-refractivity contribution in [2.75, 3.05) is 0 Å². The van der Waals surface area contributed by atoms with Gasteiger partial charge in [0.25, 0.3) is 0 Å². The van der Waals surface area contributed by atoms with Gasteiger partial charge in [-0.1, -0.05) is 97.1 Å². The Bertz CT molecular complexity index is 1600. The molecule has 0 atom stereocenters. The van der Waals surface area contributed by atoms with Crippen LogP contribution in [0, 0.1) is 0 Å². The topological polar surface area (TPSA) is 38.1 Å². The first-order valence-corrected chi connectivity index (χ1v) is 11.3. The summed E-state index contributed by atoms with van der Waals surface area (Å²) < 4.78 is 2.22. The van der Waals surface area contributed by atoms with Crippen LogP contribution < -0.4 is 0 Å². The maximum absolute atomic E-state index is 10.4. The van der Waals surface area contributed by atoms with Crippen LogP contribution in [0.4, 0.5) is 0 Å². The van der Waals surface area contributed by atoms with Crippen LogP contribution in [0.5, 0.6) is 5.75 Å². The number of phenolic OH excluding ortho intramolecular Hbond substituents is 1. The zero-order valence-electron chi connectivity index (χ0n) is 18.5. The van der Waals surface area contributed by atoms with E-state index in [2.05, 4.69) is 71.3 Å². The minimum absolute atomic E-state index is 0.276. The molecule has 3 heteroatoms. The molecule has 0 fully saturated rings. The molecule has 0 saturated heterocycles. The number of phenols is 1. The molecule has 1 N–H and O–H groups in total. The van der Waals surface area contributed by atoms with Crippen molar-refractivity contribution in [1.82, 2.24) is 9.55 Å². The van der Waals surface area contributed by atoms with Crippen LogP contribution in [-0.2, 0) is 0 Å². The van der Waals surface area contributed by atoms with Gasteiger partial charge < -0.3 is 5.11 Å². The molecule has 0 aliphatic carbocycles. The van der Waals surface area contributed by atoms with Gasteiger partial charge in [-0.25, -0.2) is 4.98 Å². The molecule has 1 heterocycles. The van der Waals surface area contributed by atoms with Crippen LogP contribution in [0.25, 0.3) is 50.4 Å². The summed E-state index contributed by atoms with van der Waals surface area (Å²) in [5.74, 6) is 1.18. The maximum atomic E-state index is 10.4. The number of aromatic hydroxyl groups is 1. The zero-order valence-corrected chi connectivity index (χ0v) is 18.5. The number of para-hydroxylation sites is 3. The highest BCUT2D eigenvalue weighted by Gasteiger charge is 2.17. The number of rotatable bonds is 4. The van der Waals surface area contributed by atoms with E-state index < -0.39 is 0 Å². The van der Waals surface area contributed by atoms with Crippen LogP contribution >= 0.6 is 0 Å². The van der Waals surface area contributed by atoms with E-state index in [1.165, 1.54) is 0 Å². The summed E-state index contributed by atoms with van der Waals surface area (Å²) in [7, 11) is 0. The monoisotopic (exact) mass is 438 g/mol. The maximum Gasteiger partial charge on any atom is 0.145 e. The molecule has 1 aromatic heterocycles. The largest absolute Gasteiger partial charge is 0.507 e. The molecule has 0 unspecified atom stereocenters. The minimum atomic E-state index is 0.276. The van der Waals surface area contributed by atoms with Gasteiger partial charge >= 0.3 is 0 Å². The molecule has 0 radical (unpaired) electrons. The number of hydrogen-bond donors (Lipinski definition) is 1. The first kappa shape index (κ1) is 20.0. The predicted octanol–water partition coefficient (Wildman–Crippen LogP) is 7.73. The molecule has 6 aromatic rings. The Morgan fingerprint density at radius 1 is 0.529 bits per heavy atom. The Labute approximate surface area is 198 Å². The molecule has 0 amide bonds. The molecule has 0 aliphatic rings. The number of aromatic nitrogens is 2. The fourth-order valence-corrected chi connectivity index (χ4v) is 4.52. The van der Waals surface area contributed by atoms with E-state index in [-0.39, 0.29) is 5.75 Å². The second kappa shape index (κ2) is 8.38. The molecule has 34 heavy (non-hydrogen) atoms. The van der Waals surface area contributed by atoms with E-state index in [0.29, 0.717) is 0 Å². The van der Waals surface area contributed by atoms with Crippen molar-refractivity contribution in [3.63, 3.8) is 0 Å². The number of benzene rings is 5. The molecule has 5 aromatic carbocycles. The third kappa shape index (κ3) is 3.44. The second-order valence-corrected chi connectivity index (χ2v) is 8.24. The SMILES string of the molecule is Oc1ccccc1-c1cccc(-c2cccc3c2nc(-c2ccccc2)n3-c2ccccc2)c1. The second-order valence-electron chi connectivity index (χ2n) is 8.24. The lowest BCUT2D eigenvalue weighted by molar-refractivity contribution is 0.477. The predicted molar refractivity (Wildman–Crippen MR) is 139 cm³/mol. The van der Waals surface area contributed by atoms with E-state index in [4.69, 9.17) is 4.98 Å². The van der Waals surface area contributed by atoms with Crippen LogP contribution in [0.2, 0.25) is 0 Å². The smallest absolute Gasteiger partial charge is 0.145 e. The third-order valence-electron chi connectivity index (χ3n) is 6.12. The summed E-state index contributed by atoms with van der Waals surface area (Å²) in [5.41, 5.74) is 8.04. The Kier molecular flexibility index (Phi) is 4.93. The highest BCUT2D eigenvalue weighted by molar-refractivity contribution is 5.96. The molecular formula is C31H22N2O. The van der Waals surface area contributed by atoms with E-state index in [1.54, 1.807) is 6.07 Å². The zero-order chi connectivity index (χ0) is 22.9.